The van der Waals surface area contributed by atoms with Gasteiger partial charge in [0, 0.05) is 0 Å². The summed E-state index contributed by atoms with van der Waals surface area (Å²) in [5.74, 6) is 1.85. The van der Waals surface area contributed by atoms with E-state index in [1.165, 1.54) is 20.8 Å². The molecule has 4 nitrogen and oxygen atoms in total. The van der Waals surface area contributed by atoms with Crippen molar-refractivity contribution in [2.75, 3.05) is 21.3 Å². The number of ether oxygens (including phenoxy) is 3. The van der Waals surface area contributed by atoms with Crippen LogP contribution in [0.2, 0.25) is 0 Å². The molecule has 0 aliphatic carbocycles. The fourth-order valence-corrected chi connectivity index (χ4v) is 4.90. The van der Waals surface area contributed by atoms with E-state index in [-0.39, 0.29) is 14.5 Å². The Morgan fingerprint density at radius 1 is 0.741 bits per heavy atom. The van der Waals surface area contributed by atoms with Gasteiger partial charge in [0.15, 0.2) is 0 Å². The quantitative estimate of drug-likeness (QED) is 0.438. The summed E-state index contributed by atoms with van der Waals surface area (Å²) in [6.45, 7) is 0. The van der Waals surface area contributed by atoms with Crippen molar-refractivity contribution in [2.45, 2.75) is 0 Å². The van der Waals surface area contributed by atoms with E-state index in [0.29, 0.717) is 17.2 Å². The van der Waals surface area contributed by atoms with Crippen LogP contribution in [0.1, 0.15) is 0 Å². The molecular formula is C22H19NO3Se. The van der Waals surface area contributed by atoms with Crippen molar-refractivity contribution in [3.63, 3.8) is 0 Å². The molecule has 1 heterocycles. The molecule has 4 aromatic rings. The van der Waals surface area contributed by atoms with Crippen LogP contribution in [0.3, 0.4) is 0 Å². The Morgan fingerprint density at radius 2 is 1.44 bits per heavy atom. The zero-order chi connectivity index (χ0) is 18.8. The van der Waals surface area contributed by atoms with Crippen molar-refractivity contribution in [3.05, 3.63) is 59.7 Å². The molecule has 0 radical (unpaired) electrons. The maximum absolute atomic E-state index is 5.50. The van der Waals surface area contributed by atoms with E-state index < -0.39 is 0 Å². The molecule has 136 valence electrons. The van der Waals surface area contributed by atoms with Gasteiger partial charge in [-0.3, -0.25) is 0 Å². The van der Waals surface area contributed by atoms with Crippen LogP contribution in [0.25, 0.3) is 32.0 Å². The molecule has 0 N–H and O–H groups in total. The monoisotopic (exact) mass is 425 g/mol. The first-order valence-corrected chi connectivity index (χ1v) is 10.3. The second-order valence-electron chi connectivity index (χ2n) is 6.01. The summed E-state index contributed by atoms with van der Waals surface area (Å²) in [5.41, 5.74) is 3.13. The van der Waals surface area contributed by atoms with Crippen molar-refractivity contribution in [2.24, 2.45) is 0 Å². The molecule has 1 aromatic heterocycles. The van der Waals surface area contributed by atoms with E-state index in [0.717, 1.165) is 11.3 Å². The number of hydrogen-bond acceptors (Lipinski definition) is 4. The van der Waals surface area contributed by atoms with E-state index in [9.17, 15) is 0 Å². The Hall–Kier alpha value is -2.75. The standard InChI is InChI=1S/C22H19NO3Se/c1-24-18-11-17(12-19(25-2)21(18)26-3)20-22(27-13-23-20)16-9-8-14-6-4-5-7-15(14)10-16/h4-13H,1-3H3. The van der Waals surface area contributed by atoms with Gasteiger partial charge in [0.05, 0.1) is 0 Å². The van der Waals surface area contributed by atoms with E-state index in [4.69, 9.17) is 14.2 Å². The van der Waals surface area contributed by atoms with Crippen LogP contribution in [0.4, 0.5) is 0 Å². The van der Waals surface area contributed by atoms with Gasteiger partial charge < -0.3 is 0 Å². The second-order valence-corrected chi connectivity index (χ2v) is 7.80. The average molecular weight is 424 g/mol. The zero-order valence-electron chi connectivity index (χ0n) is 15.4. The van der Waals surface area contributed by atoms with Crippen LogP contribution in [0, 0.1) is 0 Å². The number of aromatic nitrogens is 1. The van der Waals surface area contributed by atoms with Gasteiger partial charge in [-0.25, -0.2) is 0 Å². The van der Waals surface area contributed by atoms with Gasteiger partial charge in [-0.2, -0.15) is 0 Å². The SMILES string of the molecule is COc1cc(-c2nc[se]c2-c2ccc3ccccc3c2)cc(OC)c1OC. The summed E-state index contributed by atoms with van der Waals surface area (Å²) in [5, 5.41) is 4.48. The Kier molecular flexibility index (Phi) is 4.88. The number of nitrogens with zero attached hydrogens (tertiary/aromatic N) is 1. The summed E-state index contributed by atoms with van der Waals surface area (Å²) >= 11 is 0.179. The average Bonchev–Trinajstić information content (AvgIpc) is 3.22. The van der Waals surface area contributed by atoms with Crippen molar-refractivity contribution < 1.29 is 14.2 Å². The van der Waals surface area contributed by atoms with Gasteiger partial charge in [0.25, 0.3) is 0 Å². The summed E-state index contributed by atoms with van der Waals surface area (Å²) < 4.78 is 17.7. The summed E-state index contributed by atoms with van der Waals surface area (Å²) in [7, 11) is 4.86. The summed E-state index contributed by atoms with van der Waals surface area (Å²) in [6, 6.07) is 18.9. The molecule has 4 rings (SSSR count). The van der Waals surface area contributed by atoms with Gasteiger partial charge in [0.1, 0.15) is 0 Å². The normalized spacial score (nSPS) is 10.8. The third-order valence-corrected chi connectivity index (χ3v) is 6.35. The summed E-state index contributed by atoms with van der Waals surface area (Å²) in [4.78, 5) is 4.68. The summed E-state index contributed by atoms with van der Waals surface area (Å²) in [6.07, 6.45) is 0. The van der Waals surface area contributed by atoms with Gasteiger partial charge in [0.2, 0.25) is 0 Å². The predicted molar refractivity (Wildman–Crippen MR) is 109 cm³/mol. The van der Waals surface area contributed by atoms with Crippen LogP contribution in [-0.2, 0) is 0 Å². The Labute approximate surface area is 164 Å². The topological polar surface area (TPSA) is 40.6 Å². The molecule has 0 spiro atoms. The zero-order valence-corrected chi connectivity index (χ0v) is 17.1. The van der Waals surface area contributed by atoms with Crippen LogP contribution < -0.4 is 14.2 Å². The predicted octanol–water partition coefficient (Wildman–Crippen LogP) is 4.65. The first-order chi connectivity index (χ1) is 13.2. The Morgan fingerprint density at radius 3 is 2.11 bits per heavy atom. The molecule has 27 heavy (non-hydrogen) atoms. The number of rotatable bonds is 5. The third kappa shape index (κ3) is 3.20. The van der Waals surface area contributed by atoms with E-state index in [2.05, 4.69) is 47.4 Å². The van der Waals surface area contributed by atoms with Crippen LogP contribution in [-0.4, -0.2) is 40.8 Å². The van der Waals surface area contributed by atoms with Crippen molar-refractivity contribution in [3.8, 4) is 38.5 Å². The fourth-order valence-electron chi connectivity index (χ4n) is 3.20. The first kappa shape index (κ1) is 17.7. The molecular weight excluding hydrogens is 405 g/mol. The van der Waals surface area contributed by atoms with Gasteiger partial charge in [-0.1, -0.05) is 0 Å². The molecule has 0 fully saturated rings. The van der Waals surface area contributed by atoms with Crippen LogP contribution >= 0.6 is 0 Å². The number of benzene rings is 3. The van der Waals surface area contributed by atoms with Crippen molar-refractivity contribution in [1.29, 1.82) is 0 Å². The van der Waals surface area contributed by atoms with Gasteiger partial charge in [-0.05, 0) is 0 Å². The van der Waals surface area contributed by atoms with Crippen LogP contribution in [0.15, 0.2) is 59.7 Å². The molecule has 0 amide bonds. The second kappa shape index (κ2) is 7.47. The van der Waals surface area contributed by atoms with Crippen LogP contribution in [0.5, 0.6) is 17.2 Å². The molecule has 0 unspecified atom stereocenters. The molecule has 0 saturated carbocycles. The van der Waals surface area contributed by atoms with E-state index in [1.807, 2.05) is 17.2 Å². The minimum absolute atomic E-state index is 0.179. The van der Waals surface area contributed by atoms with E-state index in [1.54, 1.807) is 21.3 Å². The van der Waals surface area contributed by atoms with Crippen molar-refractivity contribution in [1.82, 2.24) is 4.98 Å². The van der Waals surface area contributed by atoms with Crippen molar-refractivity contribution >= 4 is 25.3 Å². The fraction of sp³-hybridized carbons (Fsp3) is 0.136. The number of methoxy groups -OCH3 is 3. The Bertz CT molecular complexity index is 1080. The number of hydrogen-bond donors (Lipinski definition) is 0. The number of fused-ring (bicyclic) bond motifs is 1. The molecule has 0 aliphatic heterocycles. The molecule has 0 bridgehead atoms. The molecule has 3 aromatic carbocycles. The maximum atomic E-state index is 5.50. The first-order valence-electron chi connectivity index (χ1n) is 8.48. The molecule has 0 aliphatic rings. The molecule has 0 saturated heterocycles. The molecule has 0 atom stereocenters. The minimum atomic E-state index is 0.179. The van der Waals surface area contributed by atoms with Gasteiger partial charge >= 0.3 is 164 Å². The van der Waals surface area contributed by atoms with E-state index >= 15 is 0 Å². The molecule has 5 heteroatoms. The third-order valence-electron chi connectivity index (χ3n) is 4.52. The Balaban J connectivity index is 1.86. The van der Waals surface area contributed by atoms with Gasteiger partial charge in [-0.15, -0.1) is 0 Å².